The fourth-order valence-electron chi connectivity index (χ4n) is 3.40. The van der Waals surface area contributed by atoms with Gasteiger partial charge >= 0.3 is 0 Å². The Morgan fingerprint density at radius 3 is 2.89 bits per heavy atom. The lowest BCUT2D eigenvalue weighted by Crippen LogP contribution is -2.55. The second-order valence-corrected chi connectivity index (χ2v) is 5.59. The molecule has 0 spiro atoms. The summed E-state index contributed by atoms with van der Waals surface area (Å²) in [5.74, 6) is -0.154. The van der Waals surface area contributed by atoms with Crippen molar-refractivity contribution in [3.8, 4) is 0 Å². The van der Waals surface area contributed by atoms with E-state index in [1.807, 2.05) is 6.07 Å². The molecule has 0 bridgehead atoms. The van der Waals surface area contributed by atoms with Crippen molar-refractivity contribution >= 4 is 5.69 Å². The number of benzene rings is 1. The second-order valence-electron chi connectivity index (χ2n) is 5.59. The third-order valence-corrected chi connectivity index (χ3v) is 4.42. The van der Waals surface area contributed by atoms with Crippen LogP contribution >= 0.6 is 0 Å². The number of likely N-dealkylation sites (N-methyl/N-ethyl adjacent to an activating group) is 1. The molecule has 2 heterocycles. The highest BCUT2D eigenvalue weighted by atomic mass is 19.1. The van der Waals surface area contributed by atoms with Crippen molar-refractivity contribution < 1.29 is 4.39 Å². The Morgan fingerprint density at radius 1 is 1.39 bits per heavy atom. The van der Waals surface area contributed by atoms with E-state index in [1.165, 1.54) is 5.56 Å². The van der Waals surface area contributed by atoms with Gasteiger partial charge in [-0.25, -0.2) is 4.39 Å². The highest BCUT2D eigenvalue weighted by molar-refractivity contribution is 5.60. The second kappa shape index (κ2) is 4.21. The van der Waals surface area contributed by atoms with Crippen LogP contribution in [-0.4, -0.2) is 43.7 Å². The van der Waals surface area contributed by atoms with Crippen LogP contribution in [0.15, 0.2) is 18.2 Å². The van der Waals surface area contributed by atoms with Crippen molar-refractivity contribution in [3.63, 3.8) is 0 Å². The number of fused-ring (bicyclic) bond motifs is 1. The quantitative estimate of drug-likeness (QED) is 0.855. The summed E-state index contributed by atoms with van der Waals surface area (Å²) >= 11 is 0. The molecule has 0 amide bonds. The lowest BCUT2D eigenvalue weighted by Gasteiger charge is -2.40. The maximum Gasteiger partial charge on any atom is 0.125 e. The number of likely N-dealkylation sites (tertiary alicyclic amines) is 1. The summed E-state index contributed by atoms with van der Waals surface area (Å²) in [4.78, 5) is 4.65. The standard InChI is InChI=1S/C14H20FN3/c1-17-7-5-14(9-16,10-17)18-6-4-11-2-3-12(15)8-13(11)18/h2-3,8H,4-7,9-10,16H2,1H3. The van der Waals surface area contributed by atoms with Gasteiger partial charge in [0.05, 0.1) is 5.54 Å². The Morgan fingerprint density at radius 2 is 2.22 bits per heavy atom. The van der Waals surface area contributed by atoms with Gasteiger partial charge in [0.15, 0.2) is 0 Å². The van der Waals surface area contributed by atoms with Gasteiger partial charge in [0.2, 0.25) is 0 Å². The smallest absolute Gasteiger partial charge is 0.125 e. The molecule has 18 heavy (non-hydrogen) atoms. The molecule has 2 N–H and O–H groups in total. The Bertz CT molecular complexity index is 462. The van der Waals surface area contributed by atoms with Gasteiger partial charge in [-0.2, -0.15) is 0 Å². The van der Waals surface area contributed by atoms with Crippen LogP contribution in [0, 0.1) is 5.82 Å². The first-order valence-corrected chi connectivity index (χ1v) is 6.59. The van der Waals surface area contributed by atoms with Crippen LogP contribution in [0.2, 0.25) is 0 Å². The topological polar surface area (TPSA) is 32.5 Å². The monoisotopic (exact) mass is 249 g/mol. The Balaban J connectivity index is 1.97. The highest BCUT2D eigenvalue weighted by Crippen LogP contribution is 2.37. The molecule has 2 aliphatic heterocycles. The minimum atomic E-state index is -0.154. The average molecular weight is 249 g/mol. The number of hydrogen-bond acceptors (Lipinski definition) is 3. The molecule has 98 valence electrons. The summed E-state index contributed by atoms with van der Waals surface area (Å²) in [5.41, 5.74) is 8.34. The number of nitrogens with zero attached hydrogens (tertiary/aromatic N) is 2. The van der Waals surface area contributed by atoms with E-state index in [2.05, 4.69) is 16.8 Å². The maximum absolute atomic E-state index is 13.5. The largest absolute Gasteiger partial charge is 0.363 e. The van der Waals surface area contributed by atoms with Gasteiger partial charge in [-0.1, -0.05) is 6.07 Å². The SMILES string of the molecule is CN1CCC(CN)(N2CCc3ccc(F)cc32)C1. The molecule has 0 saturated carbocycles. The molecule has 1 fully saturated rings. The molecule has 0 radical (unpaired) electrons. The predicted octanol–water partition coefficient (Wildman–Crippen LogP) is 1.22. The molecule has 1 atom stereocenters. The molecule has 1 aromatic carbocycles. The van der Waals surface area contributed by atoms with E-state index >= 15 is 0 Å². The van der Waals surface area contributed by atoms with E-state index in [1.54, 1.807) is 12.1 Å². The minimum Gasteiger partial charge on any atom is -0.363 e. The van der Waals surface area contributed by atoms with E-state index < -0.39 is 0 Å². The first-order chi connectivity index (χ1) is 8.64. The van der Waals surface area contributed by atoms with Crippen molar-refractivity contribution in [2.24, 2.45) is 5.73 Å². The Labute approximate surface area is 107 Å². The third-order valence-electron chi connectivity index (χ3n) is 4.42. The van der Waals surface area contributed by atoms with Crippen LogP contribution in [0.3, 0.4) is 0 Å². The van der Waals surface area contributed by atoms with E-state index in [0.29, 0.717) is 6.54 Å². The summed E-state index contributed by atoms with van der Waals surface area (Å²) in [6, 6.07) is 5.13. The summed E-state index contributed by atoms with van der Waals surface area (Å²) in [7, 11) is 2.12. The number of hydrogen-bond donors (Lipinski definition) is 1. The highest BCUT2D eigenvalue weighted by Gasteiger charge is 2.43. The average Bonchev–Trinajstić information content (AvgIpc) is 2.93. The maximum atomic E-state index is 13.5. The summed E-state index contributed by atoms with van der Waals surface area (Å²) in [5, 5.41) is 0. The van der Waals surface area contributed by atoms with Crippen LogP contribution in [0.25, 0.3) is 0 Å². The fraction of sp³-hybridized carbons (Fsp3) is 0.571. The first-order valence-electron chi connectivity index (χ1n) is 6.59. The molecule has 2 aliphatic rings. The number of anilines is 1. The molecule has 1 unspecified atom stereocenters. The third kappa shape index (κ3) is 1.71. The van der Waals surface area contributed by atoms with Crippen LogP contribution < -0.4 is 10.6 Å². The fourth-order valence-corrected chi connectivity index (χ4v) is 3.40. The van der Waals surface area contributed by atoms with Gasteiger partial charge in [0.1, 0.15) is 5.82 Å². The van der Waals surface area contributed by atoms with Crippen molar-refractivity contribution in [2.75, 3.05) is 38.1 Å². The van der Waals surface area contributed by atoms with Gasteiger partial charge in [0.25, 0.3) is 0 Å². The predicted molar refractivity (Wildman–Crippen MR) is 71.3 cm³/mol. The minimum absolute atomic E-state index is 0.00616. The molecule has 0 aliphatic carbocycles. The van der Waals surface area contributed by atoms with Gasteiger partial charge in [0, 0.05) is 31.9 Å². The van der Waals surface area contributed by atoms with Crippen molar-refractivity contribution in [3.05, 3.63) is 29.6 Å². The van der Waals surface area contributed by atoms with Gasteiger partial charge < -0.3 is 15.5 Å². The van der Waals surface area contributed by atoms with Crippen LogP contribution in [0.4, 0.5) is 10.1 Å². The van der Waals surface area contributed by atoms with Gasteiger partial charge in [-0.15, -0.1) is 0 Å². The van der Waals surface area contributed by atoms with E-state index in [-0.39, 0.29) is 11.4 Å². The summed E-state index contributed by atoms with van der Waals surface area (Å²) in [6.45, 7) is 3.63. The van der Waals surface area contributed by atoms with Crippen LogP contribution in [0.5, 0.6) is 0 Å². The van der Waals surface area contributed by atoms with Crippen LogP contribution in [-0.2, 0) is 6.42 Å². The molecule has 4 heteroatoms. The zero-order valence-electron chi connectivity index (χ0n) is 10.8. The normalized spacial score (nSPS) is 27.8. The van der Waals surface area contributed by atoms with Gasteiger partial charge in [-0.3, -0.25) is 0 Å². The van der Waals surface area contributed by atoms with Crippen LogP contribution in [0.1, 0.15) is 12.0 Å². The summed E-state index contributed by atoms with van der Waals surface area (Å²) in [6.07, 6.45) is 2.07. The lowest BCUT2D eigenvalue weighted by atomic mass is 9.96. The Kier molecular flexibility index (Phi) is 2.79. The van der Waals surface area contributed by atoms with E-state index in [4.69, 9.17) is 5.73 Å². The van der Waals surface area contributed by atoms with Gasteiger partial charge in [-0.05, 0) is 37.6 Å². The molecule has 1 aromatic rings. The number of halogens is 1. The molecule has 3 rings (SSSR count). The first kappa shape index (κ1) is 11.9. The van der Waals surface area contributed by atoms with E-state index in [0.717, 1.165) is 38.2 Å². The van der Waals surface area contributed by atoms with Crippen molar-refractivity contribution in [2.45, 2.75) is 18.4 Å². The lowest BCUT2D eigenvalue weighted by molar-refractivity contribution is 0.358. The zero-order chi connectivity index (χ0) is 12.8. The van der Waals surface area contributed by atoms with E-state index in [9.17, 15) is 4.39 Å². The number of nitrogens with two attached hydrogens (primary N) is 1. The zero-order valence-corrected chi connectivity index (χ0v) is 10.8. The van der Waals surface area contributed by atoms with Crippen molar-refractivity contribution in [1.29, 1.82) is 0 Å². The number of rotatable bonds is 2. The summed E-state index contributed by atoms with van der Waals surface area (Å²) < 4.78 is 13.5. The molecular formula is C14H20FN3. The molecule has 3 nitrogen and oxygen atoms in total. The molecule has 0 aromatic heterocycles. The van der Waals surface area contributed by atoms with Crippen molar-refractivity contribution in [1.82, 2.24) is 4.90 Å². The molecular weight excluding hydrogens is 229 g/mol. The Hall–Kier alpha value is -1.13. The molecule has 1 saturated heterocycles.